The van der Waals surface area contributed by atoms with Gasteiger partial charge in [0.2, 0.25) is 5.91 Å². The first kappa shape index (κ1) is 21.3. The van der Waals surface area contributed by atoms with Crippen molar-refractivity contribution in [3.63, 3.8) is 0 Å². The number of amides is 1. The molecule has 2 aromatic rings. The minimum atomic E-state index is -0.623. The summed E-state index contributed by atoms with van der Waals surface area (Å²) in [5.41, 5.74) is 1.11. The van der Waals surface area contributed by atoms with Crippen molar-refractivity contribution in [3.05, 3.63) is 58.3 Å². The van der Waals surface area contributed by atoms with Crippen LogP contribution in [0.25, 0.3) is 0 Å². The minimum absolute atomic E-state index is 0. The van der Waals surface area contributed by atoms with Crippen LogP contribution in [0.1, 0.15) is 48.6 Å². The maximum Gasteiger partial charge on any atom is 0.223 e. The molecule has 2 fully saturated rings. The van der Waals surface area contributed by atoms with Crippen LogP contribution in [0, 0.1) is 5.92 Å². The highest BCUT2D eigenvalue weighted by Crippen LogP contribution is 2.33. The number of aliphatic hydroxyl groups is 1. The molecule has 4 rings (SSSR count). The van der Waals surface area contributed by atoms with Gasteiger partial charge in [0.25, 0.3) is 0 Å². The van der Waals surface area contributed by atoms with Gasteiger partial charge in [0.1, 0.15) is 6.10 Å². The first-order valence-corrected chi connectivity index (χ1v) is 10.8. The number of rotatable bonds is 7. The second-order valence-electron chi connectivity index (χ2n) is 7.97. The molecular weight excluding hydrogens is 392 g/mol. The summed E-state index contributed by atoms with van der Waals surface area (Å²) in [6.45, 7) is 0.909. The topological polar surface area (TPSA) is 52.6 Å². The Morgan fingerprint density at radius 3 is 2.50 bits per heavy atom. The Morgan fingerprint density at radius 2 is 1.86 bits per heavy atom. The molecule has 2 bridgehead atoms. The van der Waals surface area contributed by atoms with E-state index in [-0.39, 0.29) is 18.3 Å². The van der Waals surface area contributed by atoms with Gasteiger partial charge in [-0.05, 0) is 48.6 Å². The number of piperidine rings is 1. The molecule has 1 amide bonds. The fourth-order valence-corrected chi connectivity index (χ4v) is 5.26. The van der Waals surface area contributed by atoms with Crippen molar-refractivity contribution >= 4 is 29.7 Å². The van der Waals surface area contributed by atoms with Crippen molar-refractivity contribution < 1.29 is 9.90 Å². The minimum Gasteiger partial charge on any atom is -0.386 e. The molecule has 0 radical (unpaired) electrons. The lowest BCUT2D eigenvalue weighted by Gasteiger charge is -2.31. The number of carbonyl (C=O) groups is 1. The van der Waals surface area contributed by atoms with Crippen molar-refractivity contribution in [3.8, 4) is 0 Å². The number of nitrogens with one attached hydrogen (secondary N) is 1. The number of benzene rings is 1. The molecule has 2 saturated heterocycles. The molecule has 1 aromatic heterocycles. The second-order valence-corrected chi connectivity index (χ2v) is 8.95. The Kier molecular flexibility index (Phi) is 7.52. The molecule has 1 aromatic carbocycles. The van der Waals surface area contributed by atoms with Gasteiger partial charge >= 0.3 is 0 Å². The fraction of sp³-hybridized carbons (Fsp3) is 0.500. The highest BCUT2D eigenvalue weighted by Gasteiger charge is 2.35. The highest BCUT2D eigenvalue weighted by molar-refractivity contribution is 7.10. The predicted octanol–water partition coefficient (Wildman–Crippen LogP) is 4.15. The fourth-order valence-electron chi connectivity index (χ4n) is 4.56. The summed E-state index contributed by atoms with van der Waals surface area (Å²) < 4.78 is 0. The molecule has 3 unspecified atom stereocenters. The zero-order chi connectivity index (χ0) is 18.6. The quantitative estimate of drug-likeness (QED) is 0.707. The lowest BCUT2D eigenvalue weighted by molar-refractivity contribution is -0.134. The van der Waals surface area contributed by atoms with Crippen LogP contribution >= 0.6 is 23.7 Å². The van der Waals surface area contributed by atoms with Crippen LogP contribution in [0.2, 0.25) is 0 Å². The average molecular weight is 421 g/mol. The molecule has 3 atom stereocenters. The normalized spacial score (nSPS) is 24.4. The first-order chi connectivity index (χ1) is 13.2. The van der Waals surface area contributed by atoms with E-state index in [1.807, 2.05) is 52.7 Å². The van der Waals surface area contributed by atoms with E-state index < -0.39 is 6.10 Å². The molecule has 2 aliphatic rings. The van der Waals surface area contributed by atoms with Gasteiger partial charge in [0.05, 0.1) is 6.54 Å². The van der Waals surface area contributed by atoms with Crippen LogP contribution in [-0.2, 0) is 11.3 Å². The van der Waals surface area contributed by atoms with E-state index in [1.165, 1.54) is 24.2 Å². The lowest BCUT2D eigenvalue weighted by atomic mass is 9.89. The van der Waals surface area contributed by atoms with Crippen molar-refractivity contribution in [2.45, 2.75) is 56.8 Å². The van der Waals surface area contributed by atoms with E-state index in [0.717, 1.165) is 23.3 Å². The SMILES string of the molecule is Cl.O=C(CC1CC2CCC(C1)N2)N(Cc1ccccc1)CC(O)c1cccs1. The van der Waals surface area contributed by atoms with Crippen molar-refractivity contribution in [1.82, 2.24) is 10.2 Å². The summed E-state index contributed by atoms with van der Waals surface area (Å²) in [6.07, 6.45) is 4.69. The largest absolute Gasteiger partial charge is 0.386 e. The number of hydrogen-bond donors (Lipinski definition) is 2. The summed E-state index contributed by atoms with van der Waals surface area (Å²) in [5.74, 6) is 0.633. The molecular formula is C22H29ClN2O2S. The Morgan fingerprint density at radius 1 is 1.14 bits per heavy atom. The van der Waals surface area contributed by atoms with E-state index >= 15 is 0 Å². The standard InChI is InChI=1S/C22H28N2O2S.ClH/c25-20(21-7-4-10-27-21)15-24(14-16-5-2-1-3-6-16)22(26)13-17-11-18-8-9-19(12-17)23-18;/h1-7,10,17-20,23,25H,8-9,11-15H2;1H. The van der Waals surface area contributed by atoms with Gasteiger partial charge in [-0.1, -0.05) is 36.4 Å². The number of halogens is 1. The third-order valence-electron chi connectivity index (χ3n) is 5.87. The summed E-state index contributed by atoms with van der Waals surface area (Å²) in [4.78, 5) is 15.9. The van der Waals surface area contributed by atoms with E-state index in [2.05, 4.69) is 5.32 Å². The number of hydrogen-bond acceptors (Lipinski definition) is 4. The second kappa shape index (κ2) is 9.88. The average Bonchev–Trinajstić information content (AvgIpc) is 3.32. The molecule has 0 saturated carbocycles. The summed E-state index contributed by atoms with van der Waals surface area (Å²) in [6, 6.07) is 15.1. The van der Waals surface area contributed by atoms with Gasteiger partial charge in [0, 0.05) is 29.9 Å². The Balaban J connectivity index is 0.00000225. The summed E-state index contributed by atoms with van der Waals surface area (Å²) in [7, 11) is 0. The molecule has 2 aliphatic heterocycles. The van der Waals surface area contributed by atoms with Crippen molar-refractivity contribution in [1.29, 1.82) is 0 Å². The number of nitrogens with zero attached hydrogens (tertiary/aromatic N) is 1. The maximum atomic E-state index is 13.2. The van der Waals surface area contributed by atoms with Gasteiger partial charge < -0.3 is 15.3 Å². The van der Waals surface area contributed by atoms with Crippen LogP contribution in [0.4, 0.5) is 0 Å². The van der Waals surface area contributed by atoms with Crippen LogP contribution in [0.5, 0.6) is 0 Å². The Hall–Kier alpha value is -1.40. The smallest absolute Gasteiger partial charge is 0.223 e. The molecule has 0 aliphatic carbocycles. The van der Waals surface area contributed by atoms with E-state index in [1.54, 1.807) is 0 Å². The molecule has 28 heavy (non-hydrogen) atoms. The molecule has 6 heteroatoms. The van der Waals surface area contributed by atoms with Crippen LogP contribution in [-0.4, -0.2) is 34.5 Å². The third-order valence-corrected chi connectivity index (χ3v) is 6.84. The molecule has 0 spiro atoms. The van der Waals surface area contributed by atoms with Gasteiger partial charge in [-0.15, -0.1) is 23.7 Å². The predicted molar refractivity (Wildman–Crippen MR) is 116 cm³/mol. The van der Waals surface area contributed by atoms with E-state index in [9.17, 15) is 9.90 Å². The number of carbonyl (C=O) groups excluding carboxylic acids is 1. The highest BCUT2D eigenvalue weighted by atomic mass is 35.5. The maximum absolute atomic E-state index is 13.2. The van der Waals surface area contributed by atoms with Gasteiger partial charge in [0.15, 0.2) is 0 Å². The number of fused-ring (bicyclic) bond motifs is 2. The monoisotopic (exact) mass is 420 g/mol. The summed E-state index contributed by atoms with van der Waals surface area (Å²) >= 11 is 1.54. The van der Waals surface area contributed by atoms with Gasteiger partial charge in [-0.3, -0.25) is 4.79 Å². The van der Waals surface area contributed by atoms with Gasteiger partial charge in [-0.25, -0.2) is 0 Å². The van der Waals surface area contributed by atoms with E-state index in [0.29, 0.717) is 37.5 Å². The first-order valence-electron chi connectivity index (χ1n) is 9.96. The van der Waals surface area contributed by atoms with Crippen LogP contribution < -0.4 is 5.32 Å². The van der Waals surface area contributed by atoms with E-state index in [4.69, 9.17) is 0 Å². The van der Waals surface area contributed by atoms with Crippen LogP contribution in [0.3, 0.4) is 0 Å². The molecule has 152 valence electrons. The molecule has 3 heterocycles. The third kappa shape index (κ3) is 5.35. The van der Waals surface area contributed by atoms with Crippen LogP contribution in [0.15, 0.2) is 47.8 Å². The summed E-state index contributed by atoms with van der Waals surface area (Å²) in [5, 5.41) is 16.2. The number of thiophene rings is 1. The zero-order valence-corrected chi connectivity index (χ0v) is 17.6. The zero-order valence-electron chi connectivity index (χ0n) is 16.0. The van der Waals surface area contributed by atoms with Crippen molar-refractivity contribution in [2.75, 3.05) is 6.54 Å². The van der Waals surface area contributed by atoms with Gasteiger partial charge in [-0.2, -0.15) is 0 Å². The lowest BCUT2D eigenvalue weighted by Crippen LogP contribution is -2.41. The molecule has 2 N–H and O–H groups in total. The molecule has 4 nitrogen and oxygen atoms in total. The van der Waals surface area contributed by atoms with Crippen molar-refractivity contribution in [2.24, 2.45) is 5.92 Å². The Bertz CT molecular complexity index is 728. The Labute approximate surface area is 177 Å². The number of aliphatic hydroxyl groups excluding tert-OH is 1.